The van der Waals surface area contributed by atoms with E-state index in [1.165, 1.54) is 19.6 Å². The number of halogens is 6. The molecule has 20 heavy (non-hydrogen) atoms. The molecule has 0 aromatic rings. The Morgan fingerprint density at radius 1 is 0.800 bits per heavy atom. The van der Waals surface area contributed by atoms with Crippen LogP contribution in [0.2, 0.25) is 0 Å². The van der Waals surface area contributed by atoms with Gasteiger partial charge < -0.3 is 9.64 Å². The van der Waals surface area contributed by atoms with Gasteiger partial charge in [0.1, 0.15) is 0 Å². The van der Waals surface area contributed by atoms with Crippen LogP contribution in [0.25, 0.3) is 0 Å². The third kappa shape index (κ3) is 9.59. The van der Waals surface area contributed by atoms with E-state index in [-0.39, 0.29) is 0 Å². The van der Waals surface area contributed by atoms with Crippen molar-refractivity contribution < 1.29 is 40.7 Å². The van der Waals surface area contributed by atoms with Gasteiger partial charge in [-0.05, 0) is 19.6 Å². The summed E-state index contributed by atoms with van der Waals surface area (Å²) in [7, 11) is 0. The molecule has 120 valence electrons. The van der Waals surface area contributed by atoms with Crippen LogP contribution in [0.1, 0.15) is 20.8 Å². The average molecular weight is 311 g/mol. The van der Waals surface area contributed by atoms with Crippen molar-refractivity contribution in [2.75, 3.05) is 19.6 Å². The number of esters is 2. The lowest BCUT2D eigenvalue weighted by atomic mass is 10.5. The lowest BCUT2D eigenvalue weighted by Crippen LogP contribution is -2.34. The fourth-order valence-corrected chi connectivity index (χ4v) is 0.871. The van der Waals surface area contributed by atoms with E-state index in [0.29, 0.717) is 0 Å². The van der Waals surface area contributed by atoms with Crippen LogP contribution in [-0.4, -0.2) is 48.8 Å². The molecular formula is C10H15F6NO3. The predicted octanol–water partition coefficient (Wildman–Crippen LogP) is 2.53. The van der Waals surface area contributed by atoms with Crippen molar-refractivity contribution in [3.8, 4) is 0 Å². The fraction of sp³-hybridized carbons (Fsp3) is 0.800. The summed E-state index contributed by atoms with van der Waals surface area (Å²) in [6.45, 7) is 10.1. The van der Waals surface area contributed by atoms with Crippen molar-refractivity contribution in [2.45, 2.75) is 33.1 Å². The number of nitrogens with zero attached hydrogens (tertiary/aromatic N) is 1. The lowest BCUT2D eigenvalue weighted by Gasteiger charge is -2.13. The molecule has 0 radical (unpaired) electrons. The Morgan fingerprint density at radius 2 is 1.05 bits per heavy atom. The number of rotatable bonds is 3. The summed E-state index contributed by atoms with van der Waals surface area (Å²) >= 11 is 0. The molecule has 0 N–H and O–H groups in total. The molecular weight excluding hydrogens is 296 g/mol. The van der Waals surface area contributed by atoms with E-state index in [1.54, 1.807) is 0 Å². The highest BCUT2D eigenvalue weighted by molar-refractivity contribution is 5.90. The number of hydrogen-bond acceptors (Lipinski definition) is 4. The first-order valence-corrected chi connectivity index (χ1v) is 5.52. The second kappa shape index (κ2) is 8.77. The van der Waals surface area contributed by atoms with E-state index in [4.69, 9.17) is 0 Å². The largest absolute Gasteiger partial charge is 0.491 e. The molecule has 0 aliphatic carbocycles. The third-order valence-corrected chi connectivity index (χ3v) is 1.99. The molecule has 0 aromatic carbocycles. The maximum atomic E-state index is 11.2. The standard InChI is InChI=1S/C6H15N.C4F6O3/c1-4-7(5-2)6-3;5-3(6,7)1(11)13-2(12)4(8,9)10/h4-6H2,1-3H3;. The third-order valence-electron chi connectivity index (χ3n) is 1.99. The van der Waals surface area contributed by atoms with Crippen LogP contribution in [0.15, 0.2) is 0 Å². The summed E-state index contributed by atoms with van der Waals surface area (Å²) in [5.74, 6) is -6.40. The van der Waals surface area contributed by atoms with Gasteiger partial charge in [-0.2, -0.15) is 26.3 Å². The van der Waals surface area contributed by atoms with E-state index >= 15 is 0 Å². The first kappa shape index (κ1) is 21.0. The zero-order chi connectivity index (χ0) is 16.6. The summed E-state index contributed by atoms with van der Waals surface area (Å²) in [4.78, 5) is 21.7. The lowest BCUT2D eigenvalue weighted by molar-refractivity contribution is -0.221. The van der Waals surface area contributed by atoms with Crippen molar-refractivity contribution in [1.82, 2.24) is 4.90 Å². The van der Waals surface area contributed by atoms with E-state index in [0.717, 1.165) is 0 Å². The van der Waals surface area contributed by atoms with Crippen LogP contribution in [-0.2, 0) is 14.3 Å². The molecule has 0 rings (SSSR count). The van der Waals surface area contributed by atoms with Crippen molar-refractivity contribution in [2.24, 2.45) is 0 Å². The molecule has 0 aliphatic rings. The summed E-state index contributed by atoms with van der Waals surface area (Å²) < 4.78 is 69.7. The molecule has 0 spiro atoms. The molecule has 0 saturated heterocycles. The Kier molecular flexibility index (Phi) is 9.21. The highest BCUT2D eigenvalue weighted by Gasteiger charge is 2.49. The first-order chi connectivity index (χ1) is 8.89. The van der Waals surface area contributed by atoms with Gasteiger partial charge >= 0.3 is 24.3 Å². The van der Waals surface area contributed by atoms with Gasteiger partial charge in [0.2, 0.25) is 0 Å². The highest BCUT2D eigenvalue weighted by Crippen LogP contribution is 2.21. The number of ether oxygens (including phenoxy) is 1. The van der Waals surface area contributed by atoms with E-state index in [9.17, 15) is 35.9 Å². The average Bonchev–Trinajstić information content (AvgIpc) is 2.29. The second-order valence-electron chi connectivity index (χ2n) is 3.29. The molecule has 0 amide bonds. The number of carbonyl (C=O) groups is 2. The quantitative estimate of drug-likeness (QED) is 0.456. The van der Waals surface area contributed by atoms with Gasteiger partial charge in [0.15, 0.2) is 0 Å². The number of carbonyl (C=O) groups excluding carboxylic acids is 2. The zero-order valence-corrected chi connectivity index (χ0v) is 11.1. The Balaban J connectivity index is 0. The van der Waals surface area contributed by atoms with Crippen LogP contribution in [0.4, 0.5) is 26.3 Å². The van der Waals surface area contributed by atoms with E-state index in [1.807, 2.05) is 0 Å². The Morgan fingerprint density at radius 3 is 1.15 bits per heavy atom. The van der Waals surface area contributed by atoms with Crippen LogP contribution in [0, 0.1) is 0 Å². The topological polar surface area (TPSA) is 46.6 Å². The monoisotopic (exact) mass is 311 g/mol. The highest BCUT2D eigenvalue weighted by atomic mass is 19.4. The molecule has 0 saturated carbocycles. The molecule has 0 aliphatic heterocycles. The van der Waals surface area contributed by atoms with Crippen molar-refractivity contribution in [3.05, 3.63) is 0 Å². The summed E-state index contributed by atoms with van der Waals surface area (Å²) in [6, 6.07) is 0. The van der Waals surface area contributed by atoms with Gasteiger partial charge in [0.05, 0.1) is 0 Å². The van der Waals surface area contributed by atoms with Gasteiger partial charge in [-0.1, -0.05) is 20.8 Å². The molecule has 0 aromatic heterocycles. The Bertz CT molecular complexity index is 280. The molecule has 4 nitrogen and oxygen atoms in total. The molecule has 0 atom stereocenters. The van der Waals surface area contributed by atoms with E-state index in [2.05, 4.69) is 30.4 Å². The van der Waals surface area contributed by atoms with Gasteiger partial charge in [-0.15, -0.1) is 0 Å². The Hall–Kier alpha value is -1.32. The molecule has 0 heterocycles. The van der Waals surface area contributed by atoms with Crippen LogP contribution in [0.5, 0.6) is 0 Å². The van der Waals surface area contributed by atoms with Crippen LogP contribution in [0.3, 0.4) is 0 Å². The number of hydrogen-bond donors (Lipinski definition) is 0. The predicted molar refractivity (Wildman–Crippen MR) is 56.7 cm³/mol. The Labute approximate surface area is 111 Å². The first-order valence-electron chi connectivity index (χ1n) is 5.52. The van der Waals surface area contributed by atoms with Crippen molar-refractivity contribution in [3.63, 3.8) is 0 Å². The summed E-state index contributed by atoms with van der Waals surface area (Å²) in [5.41, 5.74) is 0. The van der Waals surface area contributed by atoms with Gasteiger partial charge in [-0.25, -0.2) is 9.59 Å². The maximum Gasteiger partial charge on any atom is 0.491 e. The van der Waals surface area contributed by atoms with Crippen molar-refractivity contribution in [1.29, 1.82) is 0 Å². The zero-order valence-electron chi connectivity index (χ0n) is 11.1. The van der Waals surface area contributed by atoms with Gasteiger partial charge in [0, 0.05) is 0 Å². The molecule has 0 bridgehead atoms. The number of alkyl halides is 6. The summed E-state index contributed by atoms with van der Waals surface area (Å²) in [6.07, 6.45) is -11.2. The minimum atomic E-state index is -5.62. The maximum absolute atomic E-state index is 11.2. The smallest absolute Gasteiger partial charge is 0.380 e. The van der Waals surface area contributed by atoms with Gasteiger partial charge in [-0.3, -0.25) is 0 Å². The molecule has 0 fully saturated rings. The summed E-state index contributed by atoms with van der Waals surface area (Å²) in [5, 5.41) is 0. The normalized spacial score (nSPS) is 11.7. The minimum Gasteiger partial charge on any atom is -0.380 e. The van der Waals surface area contributed by atoms with Crippen LogP contribution < -0.4 is 0 Å². The SMILES string of the molecule is CCN(CC)CC.O=C(OC(=O)C(F)(F)F)C(F)(F)F. The minimum absolute atomic E-state index is 1.19. The molecule has 10 heteroatoms. The van der Waals surface area contributed by atoms with Crippen molar-refractivity contribution >= 4 is 11.9 Å². The fourth-order valence-electron chi connectivity index (χ4n) is 0.871. The van der Waals surface area contributed by atoms with Crippen LogP contribution >= 0.6 is 0 Å². The van der Waals surface area contributed by atoms with Gasteiger partial charge in [0.25, 0.3) is 0 Å². The second-order valence-corrected chi connectivity index (χ2v) is 3.29. The van der Waals surface area contributed by atoms with E-state index < -0.39 is 24.3 Å². The molecule has 0 unspecified atom stereocenters.